The van der Waals surface area contributed by atoms with Crippen molar-refractivity contribution in [2.75, 3.05) is 6.54 Å². The first-order valence-electron chi connectivity index (χ1n) is 6.36. The Balaban J connectivity index is 1.94. The van der Waals surface area contributed by atoms with Gasteiger partial charge in [-0.3, -0.25) is 0 Å². The molecule has 3 atom stereocenters. The molecule has 0 saturated heterocycles. The predicted octanol–water partition coefficient (Wildman–Crippen LogP) is 4.32. The molecule has 1 aromatic rings. The molecule has 0 spiro atoms. The Morgan fingerprint density at radius 1 is 1.29 bits per heavy atom. The van der Waals surface area contributed by atoms with Gasteiger partial charge in [0.05, 0.1) is 0 Å². The summed E-state index contributed by atoms with van der Waals surface area (Å²) in [5.74, 6) is 0.767. The number of thioether (sulfide) groups is 1. The Morgan fingerprint density at radius 3 is 2.65 bits per heavy atom. The normalized spacial score (nSPS) is 28.5. The highest BCUT2D eigenvalue weighted by Crippen LogP contribution is 2.39. The molecule has 94 valence electrons. The SMILES string of the molecule is CCNC1CCC(Sc2ccc(Br)cc2)C1C. The van der Waals surface area contributed by atoms with E-state index in [1.165, 1.54) is 17.7 Å². The highest BCUT2D eigenvalue weighted by Gasteiger charge is 2.32. The molecule has 1 N–H and O–H groups in total. The minimum absolute atomic E-state index is 0.716. The van der Waals surface area contributed by atoms with Crippen molar-refractivity contribution in [3.8, 4) is 0 Å². The summed E-state index contributed by atoms with van der Waals surface area (Å²) >= 11 is 5.52. The van der Waals surface area contributed by atoms with E-state index >= 15 is 0 Å². The Morgan fingerprint density at radius 2 is 2.00 bits per heavy atom. The lowest BCUT2D eigenvalue weighted by Gasteiger charge is -2.21. The van der Waals surface area contributed by atoms with E-state index in [1.54, 1.807) is 0 Å². The van der Waals surface area contributed by atoms with E-state index in [9.17, 15) is 0 Å². The highest BCUT2D eigenvalue weighted by atomic mass is 79.9. The second-order valence-corrected chi connectivity index (χ2v) is 6.94. The van der Waals surface area contributed by atoms with E-state index in [1.807, 2.05) is 11.8 Å². The molecule has 3 heteroatoms. The quantitative estimate of drug-likeness (QED) is 0.888. The van der Waals surface area contributed by atoms with Crippen molar-refractivity contribution in [3.63, 3.8) is 0 Å². The van der Waals surface area contributed by atoms with Gasteiger partial charge in [-0.05, 0) is 49.6 Å². The fourth-order valence-corrected chi connectivity index (χ4v) is 4.10. The van der Waals surface area contributed by atoms with Crippen LogP contribution in [0.2, 0.25) is 0 Å². The lowest BCUT2D eigenvalue weighted by molar-refractivity contribution is 0.441. The third kappa shape index (κ3) is 3.49. The van der Waals surface area contributed by atoms with E-state index in [0.717, 1.165) is 22.2 Å². The lowest BCUT2D eigenvalue weighted by Crippen LogP contribution is -2.32. The van der Waals surface area contributed by atoms with Gasteiger partial charge >= 0.3 is 0 Å². The molecule has 2 rings (SSSR count). The third-order valence-electron chi connectivity index (χ3n) is 3.55. The lowest BCUT2D eigenvalue weighted by atomic mass is 10.1. The summed E-state index contributed by atoms with van der Waals surface area (Å²) in [6.07, 6.45) is 2.66. The monoisotopic (exact) mass is 313 g/mol. The van der Waals surface area contributed by atoms with Gasteiger partial charge in [0, 0.05) is 20.7 Å². The number of nitrogens with one attached hydrogen (secondary N) is 1. The molecule has 1 aliphatic rings. The van der Waals surface area contributed by atoms with E-state index in [2.05, 4.69) is 59.4 Å². The molecule has 0 aromatic heterocycles. The molecule has 17 heavy (non-hydrogen) atoms. The predicted molar refractivity (Wildman–Crippen MR) is 79.6 cm³/mol. The molecule has 1 saturated carbocycles. The van der Waals surface area contributed by atoms with Gasteiger partial charge in [-0.1, -0.05) is 29.8 Å². The van der Waals surface area contributed by atoms with Crippen molar-refractivity contribution in [3.05, 3.63) is 28.7 Å². The number of hydrogen-bond acceptors (Lipinski definition) is 2. The molecule has 0 radical (unpaired) electrons. The molecular formula is C14H20BrNS. The van der Waals surface area contributed by atoms with Crippen LogP contribution in [0, 0.1) is 5.92 Å². The van der Waals surface area contributed by atoms with Gasteiger partial charge in [0.1, 0.15) is 0 Å². The molecule has 0 bridgehead atoms. The van der Waals surface area contributed by atoms with E-state index in [-0.39, 0.29) is 0 Å². The Hall–Kier alpha value is 0.01000. The standard InChI is InChI=1S/C14H20BrNS/c1-3-16-13-8-9-14(10(13)2)17-12-6-4-11(15)5-7-12/h4-7,10,13-14,16H,3,8-9H2,1-2H3. The van der Waals surface area contributed by atoms with Crippen LogP contribution in [-0.2, 0) is 0 Å². The second-order valence-electron chi connectivity index (χ2n) is 4.71. The van der Waals surface area contributed by atoms with Crippen LogP contribution in [-0.4, -0.2) is 17.8 Å². The van der Waals surface area contributed by atoms with Crippen molar-refractivity contribution >= 4 is 27.7 Å². The van der Waals surface area contributed by atoms with Crippen molar-refractivity contribution in [1.29, 1.82) is 0 Å². The van der Waals surface area contributed by atoms with Crippen molar-refractivity contribution in [2.24, 2.45) is 5.92 Å². The smallest absolute Gasteiger partial charge is 0.0176 e. The minimum atomic E-state index is 0.716. The molecular weight excluding hydrogens is 294 g/mol. The van der Waals surface area contributed by atoms with Crippen molar-refractivity contribution in [1.82, 2.24) is 5.32 Å². The van der Waals surface area contributed by atoms with Gasteiger partial charge in [-0.15, -0.1) is 11.8 Å². The largest absolute Gasteiger partial charge is 0.314 e. The van der Waals surface area contributed by atoms with Crippen LogP contribution in [0.25, 0.3) is 0 Å². The first-order chi connectivity index (χ1) is 8.20. The molecule has 0 aliphatic heterocycles. The van der Waals surface area contributed by atoms with Crippen LogP contribution in [0.3, 0.4) is 0 Å². The average molecular weight is 314 g/mol. The number of halogens is 1. The molecule has 1 nitrogen and oxygen atoms in total. The summed E-state index contributed by atoms with van der Waals surface area (Å²) in [7, 11) is 0. The summed E-state index contributed by atoms with van der Waals surface area (Å²) in [5, 5.41) is 4.36. The number of hydrogen-bond donors (Lipinski definition) is 1. The summed E-state index contributed by atoms with van der Waals surface area (Å²) in [6.45, 7) is 5.67. The first kappa shape index (κ1) is 13.4. The summed E-state index contributed by atoms with van der Waals surface area (Å²) < 4.78 is 1.16. The number of rotatable bonds is 4. The average Bonchev–Trinajstić information content (AvgIpc) is 2.65. The van der Waals surface area contributed by atoms with Gasteiger partial charge in [0.2, 0.25) is 0 Å². The maximum atomic E-state index is 3.60. The van der Waals surface area contributed by atoms with Crippen molar-refractivity contribution < 1.29 is 0 Å². The Bertz CT molecular complexity index is 352. The fourth-order valence-electron chi connectivity index (χ4n) is 2.53. The van der Waals surface area contributed by atoms with E-state index in [0.29, 0.717) is 6.04 Å². The third-order valence-corrected chi connectivity index (χ3v) is 5.59. The molecule has 0 heterocycles. The molecule has 1 aromatic carbocycles. The Labute approximate surface area is 117 Å². The van der Waals surface area contributed by atoms with Gasteiger partial charge in [0.25, 0.3) is 0 Å². The molecule has 1 aliphatic carbocycles. The fraction of sp³-hybridized carbons (Fsp3) is 0.571. The Kier molecular flexibility index (Phi) is 4.95. The zero-order valence-electron chi connectivity index (χ0n) is 10.4. The summed E-state index contributed by atoms with van der Waals surface area (Å²) in [5.41, 5.74) is 0. The summed E-state index contributed by atoms with van der Waals surface area (Å²) in [6, 6.07) is 9.39. The van der Waals surface area contributed by atoms with Crippen LogP contribution in [0.5, 0.6) is 0 Å². The van der Waals surface area contributed by atoms with Gasteiger partial charge in [-0.25, -0.2) is 0 Å². The summed E-state index contributed by atoms with van der Waals surface area (Å²) in [4.78, 5) is 1.39. The van der Waals surface area contributed by atoms with Crippen LogP contribution in [0.15, 0.2) is 33.6 Å². The van der Waals surface area contributed by atoms with E-state index < -0.39 is 0 Å². The van der Waals surface area contributed by atoms with Crippen LogP contribution < -0.4 is 5.32 Å². The molecule has 1 fully saturated rings. The molecule has 0 amide bonds. The van der Waals surface area contributed by atoms with E-state index in [4.69, 9.17) is 0 Å². The van der Waals surface area contributed by atoms with Gasteiger partial charge in [0.15, 0.2) is 0 Å². The van der Waals surface area contributed by atoms with Gasteiger partial charge < -0.3 is 5.32 Å². The minimum Gasteiger partial charge on any atom is -0.314 e. The van der Waals surface area contributed by atoms with Crippen LogP contribution in [0.1, 0.15) is 26.7 Å². The maximum Gasteiger partial charge on any atom is 0.0176 e. The number of benzene rings is 1. The highest BCUT2D eigenvalue weighted by molar-refractivity contribution is 9.10. The maximum absolute atomic E-state index is 3.60. The van der Waals surface area contributed by atoms with Crippen LogP contribution >= 0.6 is 27.7 Å². The zero-order chi connectivity index (χ0) is 12.3. The zero-order valence-corrected chi connectivity index (χ0v) is 12.9. The first-order valence-corrected chi connectivity index (χ1v) is 8.03. The van der Waals surface area contributed by atoms with Crippen LogP contribution in [0.4, 0.5) is 0 Å². The van der Waals surface area contributed by atoms with Gasteiger partial charge in [-0.2, -0.15) is 0 Å². The van der Waals surface area contributed by atoms with Crippen molar-refractivity contribution in [2.45, 2.75) is 42.9 Å². The second kappa shape index (κ2) is 6.26. The molecule has 3 unspecified atom stereocenters. The topological polar surface area (TPSA) is 12.0 Å².